The Morgan fingerprint density at radius 1 is 1.04 bits per heavy atom. The van der Waals surface area contributed by atoms with Crippen LogP contribution in [0.5, 0.6) is 0 Å². The van der Waals surface area contributed by atoms with Gasteiger partial charge in [0.15, 0.2) is 0 Å². The van der Waals surface area contributed by atoms with E-state index in [1.165, 1.54) is 23.1 Å². The third-order valence-corrected chi connectivity index (χ3v) is 5.65. The molecule has 2 aromatic rings. The molecule has 0 aromatic heterocycles. The van der Waals surface area contributed by atoms with Gasteiger partial charge >= 0.3 is 0 Å². The lowest BCUT2D eigenvalue weighted by atomic mass is 9.98. The van der Waals surface area contributed by atoms with Crippen molar-refractivity contribution in [3.8, 4) is 0 Å². The maximum absolute atomic E-state index is 12.8. The van der Waals surface area contributed by atoms with E-state index >= 15 is 0 Å². The molecule has 0 spiro atoms. The van der Waals surface area contributed by atoms with Crippen LogP contribution in [0.25, 0.3) is 0 Å². The molecule has 4 rings (SSSR count). The summed E-state index contributed by atoms with van der Waals surface area (Å²) in [6.45, 7) is 1.79. The van der Waals surface area contributed by atoms with Gasteiger partial charge in [-0.25, -0.2) is 0 Å². The van der Waals surface area contributed by atoms with Crippen LogP contribution in [0.3, 0.4) is 0 Å². The van der Waals surface area contributed by atoms with E-state index < -0.39 is 0 Å². The normalized spacial score (nSPS) is 19.2. The highest BCUT2D eigenvalue weighted by Crippen LogP contribution is 2.26. The predicted octanol–water partition coefficient (Wildman–Crippen LogP) is 3.37. The molecule has 2 aliphatic rings. The van der Waals surface area contributed by atoms with E-state index in [1.807, 2.05) is 23.1 Å². The van der Waals surface area contributed by atoms with Crippen molar-refractivity contribution in [2.75, 3.05) is 13.1 Å². The molecule has 3 nitrogen and oxygen atoms in total. The fourth-order valence-corrected chi connectivity index (χ4v) is 4.19. The Balaban J connectivity index is 1.39. The monoisotopic (exact) mass is 335 g/mol. The Hall–Kier alpha value is -2.13. The summed E-state index contributed by atoms with van der Waals surface area (Å²) in [6.07, 6.45) is 5.56. The summed E-state index contributed by atoms with van der Waals surface area (Å²) >= 11 is 0. The van der Waals surface area contributed by atoms with E-state index in [-0.39, 0.29) is 12.5 Å². The molecule has 0 saturated carbocycles. The van der Waals surface area contributed by atoms with Crippen LogP contribution in [0.2, 0.25) is 0 Å². The van der Waals surface area contributed by atoms with E-state index in [1.54, 1.807) is 0 Å². The summed E-state index contributed by atoms with van der Waals surface area (Å²) in [6, 6.07) is 14.4. The van der Waals surface area contributed by atoms with Gasteiger partial charge in [0.1, 0.15) is 0 Å². The van der Waals surface area contributed by atoms with Crippen molar-refractivity contribution in [2.45, 2.75) is 38.7 Å². The lowest BCUT2D eigenvalue weighted by Crippen LogP contribution is -2.29. The summed E-state index contributed by atoms with van der Waals surface area (Å²) in [5.41, 5.74) is 5.87. The summed E-state index contributed by atoms with van der Waals surface area (Å²) in [5, 5.41) is 9.13. The van der Waals surface area contributed by atoms with Crippen LogP contribution in [0, 0.1) is 5.92 Å². The minimum atomic E-state index is 0.0900. The first-order valence-electron chi connectivity index (χ1n) is 9.32. The lowest BCUT2D eigenvalue weighted by molar-refractivity contribution is 0.0787. The van der Waals surface area contributed by atoms with Gasteiger partial charge in [-0.2, -0.15) is 0 Å². The van der Waals surface area contributed by atoms with Crippen molar-refractivity contribution in [1.82, 2.24) is 4.90 Å². The van der Waals surface area contributed by atoms with E-state index in [2.05, 4.69) is 24.3 Å². The number of carbonyl (C=O) groups is 1. The van der Waals surface area contributed by atoms with Gasteiger partial charge in [0.25, 0.3) is 5.91 Å². The van der Waals surface area contributed by atoms with E-state index in [0.717, 1.165) is 49.9 Å². The number of benzene rings is 2. The zero-order valence-electron chi connectivity index (χ0n) is 14.6. The fraction of sp³-hybridized carbons (Fsp3) is 0.409. The number of aryl methyl sites for hydroxylation is 2. The standard InChI is InChI=1S/C22H25NO2/c24-15-17-6-4-16(5-7-17)12-18-10-11-23(14-18)22(25)21-9-8-19-2-1-3-20(19)13-21/h4-9,13,18,24H,1-3,10-12,14-15H2/t18-/m1/s1. The zero-order chi connectivity index (χ0) is 17.2. The number of hydrogen-bond donors (Lipinski definition) is 1. The van der Waals surface area contributed by atoms with Crippen LogP contribution in [-0.4, -0.2) is 29.0 Å². The number of hydrogen-bond acceptors (Lipinski definition) is 2. The largest absolute Gasteiger partial charge is 0.392 e. The second-order valence-corrected chi connectivity index (χ2v) is 7.42. The van der Waals surface area contributed by atoms with Gasteiger partial charge in [-0.15, -0.1) is 0 Å². The topological polar surface area (TPSA) is 40.5 Å². The molecule has 1 aliphatic carbocycles. The summed E-state index contributed by atoms with van der Waals surface area (Å²) in [4.78, 5) is 14.8. The number of aliphatic hydroxyl groups excluding tert-OH is 1. The minimum Gasteiger partial charge on any atom is -0.392 e. The molecule has 1 amide bonds. The second-order valence-electron chi connectivity index (χ2n) is 7.42. The van der Waals surface area contributed by atoms with Gasteiger partial charge in [-0.05, 0) is 72.4 Å². The molecule has 1 aliphatic heterocycles. The van der Waals surface area contributed by atoms with E-state index in [0.29, 0.717) is 5.92 Å². The maximum atomic E-state index is 12.8. The summed E-state index contributed by atoms with van der Waals surface area (Å²) in [5.74, 6) is 0.714. The highest BCUT2D eigenvalue weighted by atomic mass is 16.3. The maximum Gasteiger partial charge on any atom is 0.253 e. The van der Waals surface area contributed by atoms with Gasteiger partial charge in [-0.1, -0.05) is 30.3 Å². The Morgan fingerprint density at radius 3 is 2.60 bits per heavy atom. The first-order chi connectivity index (χ1) is 12.2. The zero-order valence-corrected chi connectivity index (χ0v) is 14.6. The van der Waals surface area contributed by atoms with E-state index in [9.17, 15) is 4.79 Å². The van der Waals surface area contributed by atoms with Crippen LogP contribution in [0.1, 0.15) is 45.5 Å². The molecule has 1 saturated heterocycles. The molecule has 1 N–H and O–H groups in total. The molecule has 1 atom stereocenters. The molecule has 130 valence electrons. The lowest BCUT2D eigenvalue weighted by Gasteiger charge is -2.17. The van der Waals surface area contributed by atoms with Crippen LogP contribution in [0.4, 0.5) is 0 Å². The van der Waals surface area contributed by atoms with Gasteiger partial charge in [-0.3, -0.25) is 4.79 Å². The molecular formula is C22H25NO2. The first-order valence-corrected chi connectivity index (χ1v) is 9.32. The van der Waals surface area contributed by atoms with Crippen molar-refractivity contribution < 1.29 is 9.90 Å². The first kappa shape index (κ1) is 16.3. The SMILES string of the molecule is O=C(c1ccc2c(c1)CCC2)N1CC[C@H](Cc2ccc(CO)cc2)C1. The molecule has 0 bridgehead atoms. The molecule has 2 aromatic carbocycles. The van der Waals surface area contributed by atoms with Gasteiger partial charge in [0, 0.05) is 18.7 Å². The molecule has 25 heavy (non-hydrogen) atoms. The van der Waals surface area contributed by atoms with Crippen LogP contribution in [0.15, 0.2) is 42.5 Å². The Kier molecular flexibility index (Phi) is 4.58. The fourth-order valence-electron chi connectivity index (χ4n) is 4.19. The summed E-state index contributed by atoms with van der Waals surface area (Å²) in [7, 11) is 0. The van der Waals surface area contributed by atoms with Crippen LogP contribution < -0.4 is 0 Å². The predicted molar refractivity (Wildman–Crippen MR) is 98.5 cm³/mol. The van der Waals surface area contributed by atoms with Crippen molar-refractivity contribution in [1.29, 1.82) is 0 Å². The number of fused-ring (bicyclic) bond motifs is 1. The number of rotatable bonds is 4. The van der Waals surface area contributed by atoms with Crippen molar-refractivity contribution >= 4 is 5.91 Å². The average molecular weight is 335 g/mol. The Morgan fingerprint density at radius 2 is 1.80 bits per heavy atom. The highest BCUT2D eigenvalue weighted by Gasteiger charge is 2.27. The number of carbonyl (C=O) groups excluding carboxylic acids is 1. The molecule has 3 heteroatoms. The second kappa shape index (κ2) is 7.01. The molecule has 1 heterocycles. The van der Waals surface area contributed by atoms with Gasteiger partial charge < -0.3 is 10.0 Å². The van der Waals surface area contributed by atoms with Gasteiger partial charge in [0.2, 0.25) is 0 Å². The number of nitrogens with zero attached hydrogens (tertiary/aromatic N) is 1. The van der Waals surface area contributed by atoms with Crippen molar-refractivity contribution in [3.63, 3.8) is 0 Å². The van der Waals surface area contributed by atoms with Crippen LogP contribution >= 0.6 is 0 Å². The average Bonchev–Trinajstić information content (AvgIpc) is 3.30. The minimum absolute atomic E-state index is 0.0900. The Bertz CT molecular complexity index is 766. The number of amides is 1. The number of likely N-dealkylation sites (tertiary alicyclic amines) is 1. The van der Waals surface area contributed by atoms with E-state index in [4.69, 9.17) is 5.11 Å². The summed E-state index contributed by atoms with van der Waals surface area (Å²) < 4.78 is 0. The van der Waals surface area contributed by atoms with Gasteiger partial charge in [0.05, 0.1) is 6.61 Å². The molecule has 1 fully saturated rings. The number of aliphatic hydroxyl groups is 1. The third-order valence-electron chi connectivity index (χ3n) is 5.65. The van der Waals surface area contributed by atoms with Crippen molar-refractivity contribution in [3.05, 3.63) is 70.3 Å². The Labute approximate surface area is 149 Å². The smallest absolute Gasteiger partial charge is 0.253 e. The van der Waals surface area contributed by atoms with Crippen LogP contribution in [-0.2, 0) is 25.9 Å². The molecular weight excluding hydrogens is 310 g/mol. The molecule has 0 unspecified atom stereocenters. The third kappa shape index (κ3) is 3.47. The molecule has 0 radical (unpaired) electrons. The van der Waals surface area contributed by atoms with Crippen molar-refractivity contribution in [2.24, 2.45) is 5.92 Å². The highest BCUT2D eigenvalue weighted by molar-refractivity contribution is 5.94. The quantitative estimate of drug-likeness (QED) is 0.930.